The highest BCUT2D eigenvalue weighted by Crippen LogP contribution is 2.12. The van der Waals surface area contributed by atoms with Gasteiger partial charge in [-0.15, -0.1) is 0 Å². The van der Waals surface area contributed by atoms with Crippen molar-refractivity contribution in [3.05, 3.63) is 70.8 Å². The lowest BCUT2D eigenvalue weighted by Gasteiger charge is -2.05. The highest BCUT2D eigenvalue weighted by Gasteiger charge is 2.05. The third-order valence-electron chi connectivity index (χ3n) is 3.16. The van der Waals surface area contributed by atoms with Gasteiger partial charge < -0.3 is 10.4 Å². The maximum atomic E-state index is 11.6. The summed E-state index contributed by atoms with van der Waals surface area (Å²) in [5.74, 6) is -0.997. The largest absolute Gasteiger partial charge is 0.478 e. The lowest BCUT2D eigenvalue weighted by Crippen LogP contribution is -2.22. The van der Waals surface area contributed by atoms with Gasteiger partial charge in [-0.3, -0.25) is 4.79 Å². The third-order valence-corrected chi connectivity index (χ3v) is 3.16. The van der Waals surface area contributed by atoms with E-state index in [-0.39, 0.29) is 11.5 Å². The molecule has 2 aromatic rings. The maximum absolute atomic E-state index is 11.6. The summed E-state index contributed by atoms with van der Waals surface area (Å²) >= 11 is 0. The Morgan fingerprint density at radius 2 is 1.38 bits per heavy atom. The number of carbonyl (C=O) groups excluding carboxylic acids is 1. The van der Waals surface area contributed by atoms with Crippen molar-refractivity contribution in [2.45, 2.75) is 13.3 Å². The van der Waals surface area contributed by atoms with Gasteiger partial charge in [0.05, 0.1) is 5.56 Å². The standard InChI is InChI=1S/C17H17NO3/c1-2-18-16(19)14-7-3-12(4-8-14)11-13-5-9-15(10-6-13)17(20)21/h3-10H,2,11H2,1H3,(H,18,19)(H,20,21). The first kappa shape index (κ1) is 14.8. The van der Waals surface area contributed by atoms with E-state index in [2.05, 4.69) is 5.32 Å². The average molecular weight is 283 g/mol. The summed E-state index contributed by atoms with van der Waals surface area (Å²) in [4.78, 5) is 22.4. The number of nitrogens with one attached hydrogen (secondary N) is 1. The minimum atomic E-state index is -0.923. The van der Waals surface area contributed by atoms with Crippen LogP contribution in [0.25, 0.3) is 0 Å². The van der Waals surface area contributed by atoms with E-state index in [1.54, 1.807) is 36.4 Å². The second-order valence-electron chi connectivity index (χ2n) is 4.74. The molecule has 0 aliphatic rings. The Kier molecular flexibility index (Phi) is 4.72. The summed E-state index contributed by atoms with van der Waals surface area (Å²) in [6.45, 7) is 2.49. The van der Waals surface area contributed by atoms with Gasteiger partial charge in [-0.1, -0.05) is 24.3 Å². The minimum Gasteiger partial charge on any atom is -0.478 e. The van der Waals surface area contributed by atoms with E-state index in [1.807, 2.05) is 19.1 Å². The van der Waals surface area contributed by atoms with Gasteiger partial charge in [0, 0.05) is 12.1 Å². The van der Waals surface area contributed by atoms with Gasteiger partial charge in [0.15, 0.2) is 0 Å². The molecule has 0 radical (unpaired) electrons. The molecule has 0 atom stereocenters. The molecule has 0 heterocycles. The van der Waals surface area contributed by atoms with Gasteiger partial charge in [0.25, 0.3) is 5.91 Å². The first-order valence-electron chi connectivity index (χ1n) is 6.79. The maximum Gasteiger partial charge on any atom is 0.335 e. The highest BCUT2D eigenvalue weighted by atomic mass is 16.4. The molecule has 0 aliphatic carbocycles. The van der Waals surface area contributed by atoms with Crippen molar-refractivity contribution >= 4 is 11.9 Å². The zero-order valence-corrected chi connectivity index (χ0v) is 11.8. The lowest BCUT2D eigenvalue weighted by molar-refractivity contribution is 0.0696. The smallest absolute Gasteiger partial charge is 0.335 e. The fraction of sp³-hybridized carbons (Fsp3) is 0.176. The fourth-order valence-corrected chi connectivity index (χ4v) is 2.04. The molecule has 0 saturated carbocycles. The van der Waals surface area contributed by atoms with Crippen molar-refractivity contribution in [2.24, 2.45) is 0 Å². The molecule has 2 N–H and O–H groups in total. The summed E-state index contributed by atoms with van der Waals surface area (Å²) in [5, 5.41) is 11.6. The van der Waals surface area contributed by atoms with Gasteiger partial charge in [-0.2, -0.15) is 0 Å². The van der Waals surface area contributed by atoms with Crippen LogP contribution in [0.1, 0.15) is 38.8 Å². The molecule has 0 saturated heterocycles. The first-order chi connectivity index (χ1) is 10.1. The summed E-state index contributed by atoms with van der Waals surface area (Å²) < 4.78 is 0. The summed E-state index contributed by atoms with van der Waals surface area (Å²) in [7, 11) is 0. The van der Waals surface area contributed by atoms with Crippen LogP contribution in [0.4, 0.5) is 0 Å². The first-order valence-corrected chi connectivity index (χ1v) is 6.79. The van der Waals surface area contributed by atoms with Gasteiger partial charge >= 0.3 is 5.97 Å². The van der Waals surface area contributed by atoms with Crippen LogP contribution < -0.4 is 5.32 Å². The van der Waals surface area contributed by atoms with E-state index in [1.165, 1.54) is 0 Å². The number of carbonyl (C=O) groups is 2. The molecule has 0 spiro atoms. The number of carboxylic acids is 1. The summed E-state index contributed by atoms with van der Waals surface area (Å²) in [6, 6.07) is 14.2. The second kappa shape index (κ2) is 6.70. The van der Waals surface area contributed by atoms with E-state index in [4.69, 9.17) is 5.11 Å². The van der Waals surface area contributed by atoms with Crippen LogP contribution in [0.15, 0.2) is 48.5 Å². The van der Waals surface area contributed by atoms with Crippen molar-refractivity contribution in [1.82, 2.24) is 5.32 Å². The molecule has 0 aliphatic heterocycles. The van der Waals surface area contributed by atoms with Crippen LogP contribution >= 0.6 is 0 Å². The predicted molar refractivity (Wildman–Crippen MR) is 80.7 cm³/mol. The molecule has 21 heavy (non-hydrogen) atoms. The van der Waals surface area contributed by atoms with Gasteiger partial charge in [-0.05, 0) is 48.7 Å². The fourth-order valence-electron chi connectivity index (χ4n) is 2.04. The molecular weight excluding hydrogens is 266 g/mol. The van der Waals surface area contributed by atoms with Crippen LogP contribution in [0.2, 0.25) is 0 Å². The van der Waals surface area contributed by atoms with Crippen LogP contribution in [0.5, 0.6) is 0 Å². The Morgan fingerprint density at radius 3 is 1.81 bits per heavy atom. The van der Waals surface area contributed by atoms with Crippen molar-refractivity contribution < 1.29 is 14.7 Å². The van der Waals surface area contributed by atoms with Crippen LogP contribution in [0.3, 0.4) is 0 Å². The van der Waals surface area contributed by atoms with Gasteiger partial charge in [-0.25, -0.2) is 4.79 Å². The Morgan fingerprint density at radius 1 is 0.905 bits per heavy atom. The molecule has 108 valence electrons. The topological polar surface area (TPSA) is 66.4 Å². The van der Waals surface area contributed by atoms with E-state index < -0.39 is 5.97 Å². The Labute approximate surface area is 123 Å². The van der Waals surface area contributed by atoms with E-state index in [9.17, 15) is 9.59 Å². The minimum absolute atomic E-state index is 0.0742. The number of benzene rings is 2. The third kappa shape index (κ3) is 3.92. The molecule has 2 aromatic carbocycles. The summed E-state index contributed by atoms with van der Waals surface area (Å²) in [5.41, 5.74) is 3.03. The lowest BCUT2D eigenvalue weighted by atomic mass is 10.0. The molecule has 4 nitrogen and oxygen atoms in total. The van der Waals surface area contributed by atoms with Crippen molar-refractivity contribution in [3.8, 4) is 0 Å². The van der Waals surface area contributed by atoms with E-state index in [0.29, 0.717) is 18.5 Å². The number of hydrogen-bond donors (Lipinski definition) is 2. The van der Waals surface area contributed by atoms with Crippen LogP contribution in [0, 0.1) is 0 Å². The molecule has 0 aromatic heterocycles. The van der Waals surface area contributed by atoms with Crippen LogP contribution in [-0.4, -0.2) is 23.5 Å². The predicted octanol–water partition coefficient (Wildman–Crippen LogP) is 2.73. The van der Waals surface area contributed by atoms with Gasteiger partial charge in [0.2, 0.25) is 0 Å². The van der Waals surface area contributed by atoms with Crippen LogP contribution in [-0.2, 0) is 6.42 Å². The number of rotatable bonds is 5. The zero-order valence-electron chi connectivity index (χ0n) is 11.8. The number of amides is 1. The van der Waals surface area contributed by atoms with Crippen molar-refractivity contribution in [1.29, 1.82) is 0 Å². The molecule has 2 rings (SSSR count). The molecular formula is C17H17NO3. The Hall–Kier alpha value is -2.62. The Balaban J connectivity index is 2.06. The Bertz CT molecular complexity index is 630. The number of hydrogen-bond acceptors (Lipinski definition) is 2. The number of carboxylic acid groups (broad SMARTS) is 1. The molecule has 0 bridgehead atoms. The molecule has 1 amide bonds. The highest BCUT2D eigenvalue weighted by molar-refractivity contribution is 5.94. The van der Waals surface area contributed by atoms with Crippen molar-refractivity contribution in [2.75, 3.05) is 6.54 Å². The normalized spacial score (nSPS) is 10.1. The molecule has 0 fully saturated rings. The van der Waals surface area contributed by atoms with E-state index >= 15 is 0 Å². The monoisotopic (exact) mass is 283 g/mol. The SMILES string of the molecule is CCNC(=O)c1ccc(Cc2ccc(C(=O)O)cc2)cc1. The van der Waals surface area contributed by atoms with Gasteiger partial charge in [0.1, 0.15) is 0 Å². The number of aromatic carboxylic acids is 1. The average Bonchev–Trinajstić information content (AvgIpc) is 2.49. The quantitative estimate of drug-likeness (QED) is 0.886. The molecule has 4 heteroatoms. The zero-order chi connectivity index (χ0) is 15.2. The van der Waals surface area contributed by atoms with E-state index in [0.717, 1.165) is 11.1 Å². The summed E-state index contributed by atoms with van der Waals surface area (Å²) in [6.07, 6.45) is 0.704. The van der Waals surface area contributed by atoms with Crippen molar-refractivity contribution in [3.63, 3.8) is 0 Å². The molecule has 0 unspecified atom stereocenters. The second-order valence-corrected chi connectivity index (χ2v) is 4.74.